The van der Waals surface area contributed by atoms with Crippen LogP contribution in [0.25, 0.3) is 11.0 Å². The van der Waals surface area contributed by atoms with Crippen molar-refractivity contribution in [2.75, 3.05) is 0 Å². The number of hydrogen-bond donors (Lipinski definition) is 0. The van der Waals surface area contributed by atoms with Gasteiger partial charge in [-0.1, -0.05) is 0 Å². The van der Waals surface area contributed by atoms with Gasteiger partial charge in [0.1, 0.15) is 5.58 Å². The Morgan fingerprint density at radius 2 is 2.25 bits per heavy atom. The first-order chi connectivity index (χ1) is 5.81. The van der Waals surface area contributed by atoms with Crippen LogP contribution in [-0.4, -0.2) is 6.29 Å². The van der Waals surface area contributed by atoms with Crippen LogP contribution in [0.1, 0.15) is 15.9 Å². The molecule has 0 aliphatic carbocycles. The summed E-state index contributed by atoms with van der Waals surface area (Å²) in [6.45, 7) is 1.96. The van der Waals surface area contributed by atoms with E-state index in [9.17, 15) is 4.79 Å². The van der Waals surface area contributed by atoms with Crippen molar-refractivity contribution >= 4 is 17.3 Å². The largest absolute Gasteiger partial charge is 0.464 e. The summed E-state index contributed by atoms with van der Waals surface area (Å²) in [6, 6.07) is 5.67. The molecule has 0 saturated heterocycles. The van der Waals surface area contributed by atoms with E-state index in [0.717, 1.165) is 17.2 Å². The maximum absolute atomic E-state index is 10.6. The van der Waals surface area contributed by atoms with Gasteiger partial charge in [-0.3, -0.25) is 4.79 Å². The molecule has 0 fully saturated rings. The quantitative estimate of drug-likeness (QED) is 0.600. The van der Waals surface area contributed by atoms with Crippen LogP contribution < -0.4 is 0 Å². The molecule has 1 heterocycles. The Labute approximate surface area is 69.8 Å². The minimum atomic E-state index is 0.620. The molecule has 0 atom stereocenters. The standard InChI is InChI=1S/C10H8O2/c1-7-4-8-2-3-12-10(8)9(5-7)6-11/h2-6H,1H3. The molecule has 0 radical (unpaired) electrons. The van der Waals surface area contributed by atoms with Crippen LogP contribution in [0.5, 0.6) is 0 Å². The van der Waals surface area contributed by atoms with E-state index in [1.807, 2.05) is 25.1 Å². The van der Waals surface area contributed by atoms with E-state index >= 15 is 0 Å². The predicted octanol–water partition coefficient (Wildman–Crippen LogP) is 2.55. The highest BCUT2D eigenvalue weighted by Crippen LogP contribution is 2.20. The average molecular weight is 160 g/mol. The highest BCUT2D eigenvalue weighted by molar-refractivity contribution is 5.94. The Morgan fingerprint density at radius 1 is 1.42 bits per heavy atom. The molecule has 0 saturated carbocycles. The van der Waals surface area contributed by atoms with Gasteiger partial charge in [0.25, 0.3) is 0 Å². The molecule has 2 rings (SSSR count). The summed E-state index contributed by atoms with van der Waals surface area (Å²) in [5, 5.41) is 0.983. The minimum Gasteiger partial charge on any atom is -0.464 e. The second kappa shape index (κ2) is 2.48. The van der Waals surface area contributed by atoms with E-state index in [4.69, 9.17) is 4.42 Å². The van der Waals surface area contributed by atoms with E-state index in [0.29, 0.717) is 11.1 Å². The second-order valence-electron chi connectivity index (χ2n) is 2.81. The first-order valence-electron chi connectivity index (χ1n) is 3.74. The maximum Gasteiger partial charge on any atom is 0.153 e. The first kappa shape index (κ1) is 7.10. The molecule has 0 aliphatic heterocycles. The van der Waals surface area contributed by atoms with Crippen LogP contribution in [0, 0.1) is 6.92 Å². The third-order valence-corrected chi connectivity index (χ3v) is 1.85. The third kappa shape index (κ3) is 0.925. The normalized spacial score (nSPS) is 10.4. The van der Waals surface area contributed by atoms with Crippen molar-refractivity contribution in [1.82, 2.24) is 0 Å². The summed E-state index contributed by atoms with van der Waals surface area (Å²) in [4.78, 5) is 10.6. The molecule has 60 valence electrons. The summed E-state index contributed by atoms with van der Waals surface area (Å²) in [6.07, 6.45) is 2.41. The van der Waals surface area contributed by atoms with Crippen LogP contribution in [0.15, 0.2) is 28.9 Å². The van der Waals surface area contributed by atoms with Crippen LogP contribution in [0.4, 0.5) is 0 Å². The lowest BCUT2D eigenvalue weighted by molar-refractivity contribution is 0.112. The SMILES string of the molecule is Cc1cc(C=O)c2occc2c1. The lowest BCUT2D eigenvalue weighted by Gasteiger charge is -1.95. The van der Waals surface area contributed by atoms with E-state index < -0.39 is 0 Å². The van der Waals surface area contributed by atoms with Crippen LogP contribution >= 0.6 is 0 Å². The third-order valence-electron chi connectivity index (χ3n) is 1.85. The fourth-order valence-corrected chi connectivity index (χ4v) is 1.35. The van der Waals surface area contributed by atoms with Gasteiger partial charge >= 0.3 is 0 Å². The Morgan fingerprint density at radius 3 is 3.00 bits per heavy atom. The van der Waals surface area contributed by atoms with Gasteiger partial charge < -0.3 is 4.42 Å². The molecule has 0 amide bonds. The molecule has 2 heteroatoms. The minimum absolute atomic E-state index is 0.620. The number of fused-ring (bicyclic) bond motifs is 1. The molecule has 12 heavy (non-hydrogen) atoms. The van der Waals surface area contributed by atoms with Crippen molar-refractivity contribution in [3.8, 4) is 0 Å². The van der Waals surface area contributed by atoms with E-state index in [2.05, 4.69) is 0 Å². The Hall–Kier alpha value is -1.57. The van der Waals surface area contributed by atoms with Gasteiger partial charge in [-0.05, 0) is 30.7 Å². The van der Waals surface area contributed by atoms with Gasteiger partial charge in [0.05, 0.1) is 11.8 Å². The number of hydrogen-bond acceptors (Lipinski definition) is 2. The number of carbonyl (C=O) groups is 1. The molecule has 0 N–H and O–H groups in total. The van der Waals surface area contributed by atoms with Crippen molar-refractivity contribution in [1.29, 1.82) is 0 Å². The van der Waals surface area contributed by atoms with Gasteiger partial charge in [-0.15, -0.1) is 0 Å². The van der Waals surface area contributed by atoms with E-state index in [1.165, 1.54) is 0 Å². The predicted molar refractivity (Wildman–Crippen MR) is 46.3 cm³/mol. The molecule has 0 aliphatic rings. The molecule has 1 aromatic heterocycles. The summed E-state index contributed by atoms with van der Waals surface area (Å²) < 4.78 is 5.16. The van der Waals surface area contributed by atoms with Gasteiger partial charge in [-0.25, -0.2) is 0 Å². The number of rotatable bonds is 1. The van der Waals surface area contributed by atoms with Crippen molar-refractivity contribution in [3.05, 3.63) is 35.6 Å². The Kier molecular flexibility index (Phi) is 1.47. The molecule has 0 spiro atoms. The lowest BCUT2D eigenvalue weighted by Crippen LogP contribution is -1.82. The molecular weight excluding hydrogens is 152 g/mol. The van der Waals surface area contributed by atoms with Crippen molar-refractivity contribution < 1.29 is 9.21 Å². The number of aryl methyl sites for hydroxylation is 1. The smallest absolute Gasteiger partial charge is 0.153 e. The van der Waals surface area contributed by atoms with Crippen LogP contribution in [0.2, 0.25) is 0 Å². The number of carbonyl (C=O) groups excluding carboxylic acids is 1. The number of aldehydes is 1. The van der Waals surface area contributed by atoms with Crippen molar-refractivity contribution in [2.45, 2.75) is 6.92 Å². The zero-order valence-electron chi connectivity index (χ0n) is 6.70. The summed E-state index contributed by atoms with van der Waals surface area (Å²) >= 11 is 0. The Bertz CT molecular complexity index is 426. The molecule has 0 unspecified atom stereocenters. The zero-order valence-corrected chi connectivity index (χ0v) is 6.70. The van der Waals surface area contributed by atoms with Gasteiger partial charge in [0.15, 0.2) is 6.29 Å². The summed E-state index contributed by atoms with van der Waals surface area (Å²) in [5.41, 5.74) is 2.37. The van der Waals surface area contributed by atoms with Gasteiger partial charge in [0, 0.05) is 5.39 Å². The average Bonchev–Trinajstić information content (AvgIpc) is 2.50. The fourth-order valence-electron chi connectivity index (χ4n) is 1.35. The molecule has 0 bridgehead atoms. The molecule has 2 nitrogen and oxygen atoms in total. The van der Waals surface area contributed by atoms with Gasteiger partial charge in [-0.2, -0.15) is 0 Å². The van der Waals surface area contributed by atoms with Crippen LogP contribution in [-0.2, 0) is 0 Å². The summed E-state index contributed by atoms with van der Waals surface area (Å²) in [5.74, 6) is 0. The lowest BCUT2D eigenvalue weighted by atomic mass is 10.1. The highest BCUT2D eigenvalue weighted by atomic mass is 16.3. The summed E-state index contributed by atoms with van der Waals surface area (Å²) in [7, 11) is 0. The number of furan rings is 1. The van der Waals surface area contributed by atoms with E-state index in [-0.39, 0.29) is 0 Å². The molecular formula is C10H8O2. The van der Waals surface area contributed by atoms with Crippen LogP contribution in [0.3, 0.4) is 0 Å². The highest BCUT2D eigenvalue weighted by Gasteiger charge is 2.03. The van der Waals surface area contributed by atoms with E-state index in [1.54, 1.807) is 6.26 Å². The Balaban J connectivity index is 2.88. The van der Waals surface area contributed by atoms with Crippen molar-refractivity contribution in [3.63, 3.8) is 0 Å². The second-order valence-corrected chi connectivity index (χ2v) is 2.81. The van der Waals surface area contributed by atoms with Crippen molar-refractivity contribution in [2.24, 2.45) is 0 Å². The monoisotopic (exact) mass is 160 g/mol. The fraction of sp³-hybridized carbons (Fsp3) is 0.100. The topological polar surface area (TPSA) is 30.2 Å². The molecule has 2 aromatic rings. The number of benzene rings is 1. The van der Waals surface area contributed by atoms with Gasteiger partial charge in [0.2, 0.25) is 0 Å². The molecule has 1 aromatic carbocycles. The first-order valence-corrected chi connectivity index (χ1v) is 3.74. The zero-order chi connectivity index (χ0) is 8.55. The maximum atomic E-state index is 10.6.